The lowest BCUT2D eigenvalue weighted by Crippen LogP contribution is -2.48. The Morgan fingerprint density at radius 1 is 1.33 bits per heavy atom. The zero-order chi connectivity index (χ0) is 17.5. The molecule has 0 radical (unpaired) electrons. The number of carbonyl (C=O) groups is 2. The number of nitrogens with zero attached hydrogens (tertiary/aromatic N) is 1. The molecule has 0 bridgehead atoms. The summed E-state index contributed by atoms with van der Waals surface area (Å²) in [6, 6.07) is 9.32. The van der Waals surface area contributed by atoms with Gasteiger partial charge in [-0.15, -0.1) is 0 Å². The summed E-state index contributed by atoms with van der Waals surface area (Å²) >= 11 is 0. The normalized spacial score (nSPS) is 19.9. The molecule has 6 nitrogen and oxygen atoms in total. The van der Waals surface area contributed by atoms with Crippen LogP contribution in [0.2, 0.25) is 0 Å². The molecule has 2 atom stereocenters. The Morgan fingerprint density at radius 2 is 2.04 bits per heavy atom. The van der Waals surface area contributed by atoms with E-state index in [-0.39, 0.29) is 24.3 Å². The molecule has 1 aromatic carbocycles. The summed E-state index contributed by atoms with van der Waals surface area (Å²) in [6.45, 7) is 6.46. The van der Waals surface area contributed by atoms with Crippen molar-refractivity contribution < 1.29 is 19.4 Å². The van der Waals surface area contributed by atoms with Gasteiger partial charge in [-0.05, 0) is 11.5 Å². The van der Waals surface area contributed by atoms with Gasteiger partial charge in [0.15, 0.2) is 0 Å². The summed E-state index contributed by atoms with van der Waals surface area (Å²) in [5, 5.41) is 11.7. The molecule has 2 rings (SSSR count). The van der Waals surface area contributed by atoms with Crippen LogP contribution in [0.25, 0.3) is 0 Å². The number of ether oxygens (including phenoxy) is 1. The number of hydrogen-bond donors (Lipinski definition) is 2. The van der Waals surface area contributed by atoms with Crippen LogP contribution >= 0.6 is 0 Å². The Morgan fingerprint density at radius 3 is 2.67 bits per heavy atom. The van der Waals surface area contributed by atoms with Gasteiger partial charge in [-0.1, -0.05) is 44.2 Å². The van der Waals surface area contributed by atoms with Crippen LogP contribution in [0.1, 0.15) is 25.8 Å². The van der Waals surface area contributed by atoms with E-state index in [0.29, 0.717) is 13.2 Å². The summed E-state index contributed by atoms with van der Waals surface area (Å²) in [5.41, 5.74) is 1.23. The maximum absolute atomic E-state index is 12.1. The van der Waals surface area contributed by atoms with Crippen molar-refractivity contribution in [3.63, 3.8) is 0 Å². The average molecular weight is 334 g/mol. The molecule has 132 valence electrons. The number of nitrogens with one attached hydrogen (secondary N) is 1. The molecule has 6 heteroatoms. The van der Waals surface area contributed by atoms with Gasteiger partial charge in [0.1, 0.15) is 6.04 Å². The molecule has 1 aliphatic rings. The summed E-state index contributed by atoms with van der Waals surface area (Å²) in [4.78, 5) is 25.6. The first-order valence-electron chi connectivity index (χ1n) is 8.35. The fourth-order valence-electron chi connectivity index (χ4n) is 2.84. The lowest BCUT2D eigenvalue weighted by atomic mass is 10.0. The van der Waals surface area contributed by atoms with Crippen molar-refractivity contribution in [2.45, 2.75) is 39.0 Å². The van der Waals surface area contributed by atoms with Gasteiger partial charge in [0.2, 0.25) is 5.91 Å². The van der Waals surface area contributed by atoms with Gasteiger partial charge < -0.3 is 15.2 Å². The highest BCUT2D eigenvalue weighted by Crippen LogP contribution is 2.13. The van der Waals surface area contributed by atoms with Crippen LogP contribution in [0.5, 0.6) is 0 Å². The number of amides is 1. The van der Waals surface area contributed by atoms with E-state index in [2.05, 4.69) is 22.3 Å². The number of aliphatic carboxylic acids is 1. The zero-order valence-electron chi connectivity index (χ0n) is 14.3. The first kappa shape index (κ1) is 18.4. The van der Waals surface area contributed by atoms with E-state index in [4.69, 9.17) is 9.84 Å². The zero-order valence-corrected chi connectivity index (χ0v) is 14.3. The predicted molar refractivity (Wildman–Crippen MR) is 90.5 cm³/mol. The highest BCUT2D eigenvalue weighted by Gasteiger charge is 2.27. The van der Waals surface area contributed by atoms with Crippen LogP contribution in [0.15, 0.2) is 30.3 Å². The molecule has 1 aliphatic heterocycles. The highest BCUT2D eigenvalue weighted by molar-refractivity contribution is 5.83. The monoisotopic (exact) mass is 334 g/mol. The van der Waals surface area contributed by atoms with Crippen molar-refractivity contribution in [3.05, 3.63) is 35.9 Å². The molecule has 0 aromatic heterocycles. The van der Waals surface area contributed by atoms with Gasteiger partial charge in [-0.3, -0.25) is 9.69 Å². The van der Waals surface area contributed by atoms with Crippen LogP contribution in [0.4, 0.5) is 0 Å². The van der Waals surface area contributed by atoms with Crippen molar-refractivity contribution in [2.24, 2.45) is 5.92 Å². The number of carboxylic acids is 1. The average Bonchev–Trinajstić information content (AvgIpc) is 2.53. The van der Waals surface area contributed by atoms with Crippen LogP contribution in [-0.4, -0.2) is 53.7 Å². The Balaban J connectivity index is 1.83. The van der Waals surface area contributed by atoms with Gasteiger partial charge in [0.05, 0.1) is 19.1 Å². The molecule has 2 N–H and O–H groups in total. The van der Waals surface area contributed by atoms with Crippen LogP contribution in [-0.2, 0) is 20.9 Å². The smallest absolute Gasteiger partial charge is 0.326 e. The summed E-state index contributed by atoms with van der Waals surface area (Å²) < 4.78 is 5.67. The van der Waals surface area contributed by atoms with E-state index in [1.807, 2.05) is 18.2 Å². The maximum atomic E-state index is 12.1. The summed E-state index contributed by atoms with van der Waals surface area (Å²) in [6.07, 6.45) is -0.0222. The quantitative estimate of drug-likeness (QED) is 0.790. The Kier molecular flexibility index (Phi) is 6.75. The fourth-order valence-corrected chi connectivity index (χ4v) is 2.84. The lowest BCUT2D eigenvalue weighted by molar-refractivity contribution is -0.143. The molecule has 0 aliphatic carbocycles. The number of benzene rings is 1. The second-order valence-electron chi connectivity index (χ2n) is 6.55. The molecule has 0 spiro atoms. The number of carboxylic acid groups (broad SMARTS) is 1. The van der Waals surface area contributed by atoms with E-state index in [1.165, 1.54) is 5.56 Å². The molecule has 1 aromatic rings. The molecule has 24 heavy (non-hydrogen) atoms. The van der Waals surface area contributed by atoms with Gasteiger partial charge in [0, 0.05) is 19.6 Å². The molecule has 1 amide bonds. The first-order valence-corrected chi connectivity index (χ1v) is 8.35. The third kappa shape index (κ3) is 5.62. The third-order valence-electron chi connectivity index (χ3n) is 4.13. The number of carbonyl (C=O) groups excluding carboxylic acids is 1. The topological polar surface area (TPSA) is 78.9 Å². The fraction of sp³-hybridized carbons (Fsp3) is 0.556. The molecule has 0 saturated carbocycles. The van der Waals surface area contributed by atoms with E-state index in [1.54, 1.807) is 13.8 Å². The minimum absolute atomic E-state index is 0.159. The van der Waals surface area contributed by atoms with Crippen LogP contribution in [0, 0.1) is 5.92 Å². The number of morpholine rings is 1. The minimum Gasteiger partial charge on any atom is -0.480 e. The summed E-state index contributed by atoms with van der Waals surface area (Å²) in [7, 11) is 0. The van der Waals surface area contributed by atoms with Crippen molar-refractivity contribution in [3.8, 4) is 0 Å². The third-order valence-corrected chi connectivity index (χ3v) is 4.13. The van der Waals surface area contributed by atoms with Crippen LogP contribution < -0.4 is 5.32 Å². The van der Waals surface area contributed by atoms with Crippen molar-refractivity contribution >= 4 is 11.9 Å². The Labute approximate surface area is 142 Å². The van der Waals surface area contributed by atoms with Crippen molar-refractivity contribution in [1.29, 1.82) is 0 Å². The molecule has 1 fully saturated rings. The number of hydrogen-bond acceptors (Lipinski definition) is 4. The highest BCUT2D eigenvalue weighted by atomic mass is 16.5. The van der Waals surface area contributed by atoms with E-state index in [0.717, 1.165) is 13.1 Å². The van der Waals surface area contributed by atoms with Crippen molar-refractivity contribution in [2.75, 3.05) is 19.7 Å². The summed E-state index contributed by atoms with van der Waals surface area (Å²) in [5.74, 6) is -1.44. The van der Waals surface area contributed by atoms with Gasteiger partial charge in [0.25, 0.3) is 0 Å². The second kappa shape index (κ2) is 8.80. The van der Waals surface area contributed by atoms with E-state index >= 15 is 0 Å². The standard InChI is InChI=1S/C18H26N2O4/c1-13(2)17(18(22)23)19-16(21)10-15-12-20(8-9-24-15)11-14-6-4-3-5-7-14/h3-7,13,15,17H,8-12H2,1-2H3,(H,19,21)(H,22,23)/t15?,17-/m0/s1. The lowest BCUT2D eigenvalue weighted by Gasteiger charge is -2.33. The second-order valence-corrected chi connectivity index (χ2v) is 6.55. The Hall–Kier alpha value is -1.92. The largest absolute Gasteiger partial charge is 0.480 e. The number of rotatable bonds is 7. The van der Waals surface area contributed by atoms with E-state index < -0.39 is 12.0 Å². The van der Waals surface area contributed by atoms with Gasteiger partial charge in [-0.25, -0.2) is 4.79 Å². The van der Waals surface area contributed by atoms with Gasteiger partial charge in [-0.2, -0.15) is 0 Å². The molecule has 1 heterocycles. The Bertz CT molecular complexity index is 547. The maximum Gasteiger partial charge on any atom is 0.326 e. The van der Waals surface area contributed by atoms with Crippen molar-refractivity contribution in [1.82, 2.24) is 10.2 Å². The first-order chi connectivity index (χ1) is 11.5. The molecular formula is C18H26N2O4. The molecular weight excluding hydrogens is 308 g/mol. The molecule has 1 saturated heterocycles. The predicted octanol–water partition coefficient (Wildman–Crippen LogP) is 1.50. The minimum atomic E-state index is -1.01. The van der Waals surface area contributed by atoms with Gasteiger partial charge >= 0.3 is 5.97 Å². The SMILES string of the molecule is CC(C)[C@H](NC(=O)CC1CN(Cc2ccccc2)CCO1)C(=O)O. The van der Waals surface area contributed by atoms with Crippen LogP contribution in [0.3, 0.4) is 0 Å². The van der Waals surface area contributed by atoms with E-state index in [9.17, 15) is 9.59 Å². The molecule has 1 unspecified atom stereocenters.